The first-order valence-electron chi connectivity index (χ1n) is 24.3. The third-order valence-electron chi connectivity index (χ3n) is 10.9. The lowest BCUT2D eigenvalue weighted by Crippen LogP contribution is -2.40. The molecule has 0 fully saturated rings. The number of ether oxygens (including phenoxy) is 1. The SMILES string of the molecule is CCCCCCC/C=C\C/C=C\CCCCCCCCCCCC(=O)OC(/C=C\CCCCCCCCC)CCCCCCCCC(=O)NC(CCCN)C(=O)O. The fraction of sp³-hybridized carbons (Fsp3) is 0.820. The molecule has 1 amide bonds. The number of amides is 1. The number of allylic oxidation sites excluding steroid dienone is 5. The van der Waals surface area contributed by atoms with E-state index in [0.717, 1.165) is 70.6 Å². The summed E-state index contributed by atoms with van der Waals surface area (Å²) in [5.41, 5.74) is 5.48. The summed E-state index contributed by atoms with van der Waals surface area (Å²) in [4.78, 5) is 36.3. The van der Waals surface area contributed by atoms with Crippen LogP contribution in [-0.4, -0.2) is 41.6 Å². The van der Waals surface area contributed by atoms with Crippen molar-refractivity contribution in [2.45, 2.75) is 257 Å². The van der Waals surface area contributed by atoms with Crippen molar-refractivity contribution in [3.8, 4) is 0 Å². The maximum Gasteiger partial charge on any atom is 0.326 e. The smallest absolute Gasteiger partial charge is 0.326 e. The van der Waals surface area contributed by atoms with Gasteiger partial charge in [0.15, 0.2) is 0 Å². The molecule has 0 saturated heterocycles. The second-order valence-corrected chi connectivity index (χ2v) is 16.5. The Kier molecular flexibility index (Phi) is 42.8. The first kappa shape index (κ1) is 54.6. The van der Waals surface area contributed by atoms with Crippen LogP contribution < -0.4 is 11.1 Å². The number of esters is 1. The van der Waals surface area contributed by atoms with Crippen LogP contribution in [0.5, 0.6) is 0 Å². The molecule has 0 aromatic carbocycles. The van der Waals surface area contributed by atoms with Gasteiger partial charge in [0.05, 0.1) is 0 Å². The minimum atomic E-state index is -1.00. The number of carbonyl (C=O) groups is 3. The summed E-state index contributed by atoms with van der Waals surface area (Å²) in [6, 6.07) is -0.853. The van der Waals surface area contributed by atoms with E-state index in [1.807, 2.05) is 0 Å². The molecule has 0 bridgehead atoms. The summed E-state index contributed by atoms with van der Waals surface area (Å²) in [5, 5.41) is 11.9. The van der Waals surface area contributed by atoms with Gasteiger partial charge in [0.25, 0.3) is 0 Å². The van der Waals surface area contributed by atoms with Gasteiger partial charge in [-0.3, -0.25) is 9.59 Å². The van der Waals surface area contributed by atoms with Crippen molar-refractivity contribution < 1.29 is 24.2 Å². The van der Waals surface area contributed by atoms with Crippen molar-refractivity contribution in [2.75, 3.05) is 6.54 Å². The Bertz CT molecular complexity index is 993. The lowest BCUT2D eigenvalue weighted by molar-refractivity contribution is -0.147. The maximum absolute atomic E-state index is 12.8. The number of hydrogen-bond donors (Lipinski definition) is 3. The van der Waals surface area contributed by atoms with Crippen molar-refractivity contribution >= 4 is 17.8 Å². The van der Waals surface area contributed by atoms with Gasteiger partial charge in [0, 0.05) is 12.8 Å². The molecule has 2 unspecified atom stereocenters. The Morgan fingerprint density at radius 2 is 0.965 bits per heavy atom. The molecule has 0 aliphatic heterocycles. The predicted molar refractivity (Wildman–Crippen MR) is 243 cm³/mol. The summed E-state index contributed by atoms with van der Waals surface area (Å²) < 4.78 is 5.98. The van der Waals surface area contributed by atoms with E-state index in [1.54, 1.807) is 0 Å². The van der Waals surface area contributed by atoms with Crippen LogP contribution in [0.4, 0.5) is 0 Å². The average Bonchev–Trinajstić information content (AvgIpc) is 3.20. The van der Waals surface area contributed by atoms with Crippen LogP contribution in [0.25, 0.3) is 0 Å². The van der Waals surface area contributed by atoms with Crippen LogP contribution >= 0.6 is 0 Å². The monoisotopic (exact) mass is 801 g/mol. The number of nitrogens with two attached hydrogens (primary N) is 1. The average molecular weight is 801 g/mol. The number of nitrogens with one attached hydrogen (secondary N) is 1. The molecular weight excluding hydrogens is 709 g/mol. The van der Waals surface area contributed by atoms with E-state index in [4.69, 9.17) is 10.5 Å². The topological polar surface area (TPSA) is 119 Å². The molecule has 7 heteroatoms. The van der Waals surface area contributed by atoms with Crippen LogP contribution in [0.3, 0.4) is 0 Å². The second kappa shape index (κ2) is 44.7. The van der Waals surface area contributed by atoms with Gasteiger partial charge >= 0.3 is 11.9 Å². The van der Waals surface area contributed by atoms with Gasteiger partial charge in [-0.05, 0) is 96.1 Å². The minimum Gasteiger partial charge on any atom is -0.480 e. The zero-order valence-corrected chi connectivity index (χ0v) is 37.4. The van der Waals surface area contributed by atoms with Gasteiger partial charge in [-0.1, -0.05) is 179 Å². The molecule has 0 radical (unpaired) electrons. The summed E-state index contributed by atoms with van der Waals surface area (Å²) >= 11 is 0. The summed E-state index contributed by atoms with van der Waals surface area (Å²) in [6.45, 7) is 4.94. The molecule has 2 atom stereocenters. The van der Waals surface area contributed by atoms with Crippen LogP contribution in [0.1, 0.15) is 245 Å². The van der Waals surface area contributed by atoms with E-state index in [2.05, 4.69) is 55.6 Å². The van der Waals surface area contributed by atoms with E-state index in [0.29, 0.717) is 32.2 Å². The lowest BCUT2D eigenvalue weighted by Gasteiger charge is -2.15. The second-order valence-electron chi connectivity index (χ2n) is 16.5. The molecule has 332 valence electrons. The standard InChI is InChI=1S/C50H92N2O5/c1-3-5-7-9-11-13-14-15-16-17-18-19-20-21-22-23-24-26-28-34-38-44-49(54)57-46(40-35-31-27-25-12-10-8-6-4-2)41-36-32-29-30-33-37-43-48(53)52-47(50(55)56)42-39-45-51/h14-15,17-18,35,40,46-47H,3-13,16,19-34,36-39,41-45,51H2,1-2H3,(H,52,53)(H,55,56)/b15-14-,18-17-,40-35-. The van der Waals surface area contributed by atoms with Crippen molar-refractivity contribution in [1.82, 2.24) is 5.32 Å². The molecule has 0 rings (SSSR count). The molecule has 0 aromatic rings. The molecule has 0 aromatic heterocycles. The van der Waals surface area contributed by atoms with Gasteiger partial charge in [-0.25, -0.2) is 4.79 Å². The number of carboxylic acid groups (broad SMARTS) is 1. The van der Waals surface area contributed by atoms with E-state index >= 15 is 0 Å². The van der Waals surface area contributed by atoms with Crippen molar-refractivity contribution in [1.29, 1.82) is 0 Å². The third-order valence-corrected chi connectivity index (χ3v) is 10.9. The Balaban J connectivity index is 4.18. The number of carbonyl (C=O) groups excluding carboxylic acids is 2. The molecule has 0 heterocycles. The zero-order valence-electron chi connectivity index (χ0n) is 37.4. The first-order chi connectivity index (χ1) is 27.9. The molecule has 4 N–H and O–H groups in total. The Labute approximate surface area is 352 Å². The number of carboxylic acids is 1. The summed E-state index contributed by atoms with van der Waals surface area (Å²) in [5.74, 6) is -1.26. The van der Waals surface area contributed by atoms with Crippen LogP contribution in [0, 0.1) is 0 Å². The molecule has 0 aliphatic carbocycles. The molecule has 57 heavy (non-hydrogen) atoms. The fourth-order valence-corrected chi connectivity index (χ4v) is 7.21. The van der Waals surface area contributed by atoms with Crippen molar-refractivity contribution in [3.63, 3.8) is 0 Å². The Morgan fingerprint density at radius 1 is 0.526 bits per heavy atom. The first-order valence-corrected chi connectivity index (χ1v) is 24.3. The van der Waals surface area contributed by atoms with E-state index < -0.39 is 12.0 Å². The van der Waals surface area contributed by atoms with E-state index in [9.17, 15) is 19.5 Å². The highest BCUT2D eigenvalue weighted by Gasteiger charge is 2.18. The third kappa shape index (κ3) is 41.5. The normalized spacial score (nSPS) is 12.9. The van der Waals surface area contributed by atoms with Gasteiger partial charge < -0.3 is 20.9 Å². The van der Waals surface area contributed by atoms with Crippen LogP contribution in [-0.2, 0) is 19.1 Å². The number of hydrogen-bond acceptors (Lipinski definition) is 5. The number of rotatable bonds is 44. The van der Waals surface area contributed by atoms with Gasteiger partial charge in [0.1, 0.15) is 12.1 Å². The van der Waals surface area contributed by atoms with Crippen molar-refractivity contribution in [2.24, 2.45) is 5.73 Å². The number of aliphatic carboxylic acids is 1. The number of unbranched alkanes of at least 4 members (excludes halogenated alkanes) is 26. The largest absolute Gasteiger partial charge is 0.480 e. The lowest BCUT2D eigenvalue weighted by atomic mass is 10.0. The fourth-order valence-electron chi connectivity index (χ4n) is 7.21. The highest BCUT2D eigenvalue weighted by molar-refractivity contribution is 5.83. The van der Waals surface area contributed by atoms with Gasteiger partial charge in [-0.15, -0.1) is 0 Å². The van der Waals surface area contributed by atoms with Gasteiger partial charge in [0.2, 0.25) is 5.91 Å². The molecule has 0 aliphatic rings. The highest BCUT2D eigenvalue weighted by Crippen LogP contribution is 2.17. The Hall–Kier alpha value is -2.41. The van der Waals surface area contributed by atoms with E-state index in [-0.39, 0.29) is 18.0 Å². The van der Waals surface area contributed by atoms with Gasteiger partial charge in [-0.2, -0.15) is 0 Å². The molecule has 0 saturated carbocycles. The minimum absolute atomic E-state index is 0.0603. The summed E-state index contributed by atoms with van der Waals surface area (Å²) in [7, 11) is 0. The molecule has 7 nitrogen and oxygen atoms in total. The maximum atomic E-state index is 12.8. The Morgan fingerprint density at radius 3 is 1.46 bits per heavy atom. The highest BCUT2D eigenvalue weighted by atomic mass is 16.5. The van der Waals surface area contributed by atoms with Crippen molar-refractivity contribution in [3.05, 3.63) is 36.5 Å². The quantitative estimate of drug-likeness (QED) is 0.0321. The molecule has 0 spiro atoms. The summed E-state index contributed by atoms with van der Waals surface area (Å²) in [6.07, 6.45) is 53.6. The van der Waals surface area contributed by atoms with E-state index in [1.165, 1.54) is 135 Å². The molecular formula is C50H92N2O5. The zero-order chi connectivity index (χ0) is 41.7. The van der Waals surface area contributed by atoms with Crippen LogP contribution in [0.15, 0.2) is 36.5 Å². The predicted octanol–water partition coefficient (Wildman–Crippen LogP) is 14.2. The van der Waals surface area contributed by atoms with Crippen LogP contribution in [0.2, 0.25) is 0 Å².